The van der Waals surface area contributed by atoms with Crippen molar-refractivity contribution in [2.75, 3.05) is 13.2 Å². The maximum atomic E-state index is 11.9. The van der Waals surface area contributed by atoms with Gasteiger partial charge in [-0.3, -0.25) is 0 Å². The number of aliphatic hydroxyl groups excluding tert-OH is 1. The van der Waals surface area contributed by atoms with Gasteiger partial charge in [-0.2, -0.15) is 0 Å². The smallest absolute Gasteiger partial charge is 0.315 e. The molecule has 1 aliphatic carbocycles. The van der Waals surface area contributed by atoms with Gasteiger partial charge < -0.3 is 20.5 Å². The number of carbonyl (C=O) groups excluding carboxylic acids is 1. The lowest BCUT2D eigenvalue weighted by Crippen LogP contribution is -2.40. The molecule has 0 aliphatic heterocycles. The first-order valence-electron chi connectivity index (χ1n) is 8.37. The Kier molecular flexibility index (Phi) is 6.28. The summed E-state index contributed by atoms with van der Waals surface area (Å²) in [6, 6.07) is 7.64. The summed E-state index contributed by atoms with van der Waals surface area (Å²) >= 11 is 0. The Hall–Kier alpha value is -1.75. The number of urea groups is 1. The van der Waals surface area contributed by atoms with Crippen LogP contribution in [0.4, 0.5) is 4.79 Å². The fraction of sp³-hybridized carbons (Fsp3) is 0.611. The van der Waals surface area contributed by atoms with Crippen molar-refractivity contribution in [1.82, 2.24) is 10.6 Å². The molecule has 0 saturated heterocycles. The third-order valence-electron chi connectivity index (χ3n) is 4.27. The van der Waals surface area contributed by atoms with E-state index in [2.05, 4.69) is 10.6 Å². The summed E-state index contributed by atoms with van der Waals surface area (Å²) < 4.78 is 5.96. The fourth-order valence-electron chi connectivity index (χ4n) is 2.38. The van der Waals surface area contributed by atoms with Gasteiger partial charge in [0, 0.05) is 25.3 Å². The highest BCUT2D eigenvalue weighted by atomic mass is 16.5. The summed E-state index contributed by atoms with van der Waals surface area (Å²) in [5, 5.41) is 14.7. The molecule has 2 amide bonds. The molecule has 0 radical (unpaired) electrons. The molecule has 0 bridgehead atoms. The van der Waals surface area contributed by atoms with Crippen molar-refractivity contribution in [2.45, 2.75) is 52.2 Å². The Balaban J connectivity index is 1.79. The van der Waals surface area contributed by atoms with E-state index in [-0.39, 0.29) is 18.1 Å². The van der Waals surface area contributed by atoms with Crippen molar-refractivity contribution in [3.05, 3.63) is 29.8 Å². The highest BCUT2D eigenvalue weighted by Crippen LogP contribution is 2.27. The van der Waals surface area contributed by atoms with Crippen molar-refractivity contribution >= 4 is 6.03 Å². The Bertz CT molecular complexity index is 513. The van der Waals surface area contributed by atoms with Crippen molar-refractivity contribution in [1.29, 1.82) is 0 Å². The zero-order valence-electron chi connectivity index (χ0n) is 14.1. The number of amides is 2. The molecule has 3 N–H and O–H groups in total. The van der Waals surface area contributed by atoms with Crippen LogP contribution in [0.1, 0.15) is 45.1 Å². The average Bonchev–Trinajstić information content (AvgIpc) is 2.48. The van der Waals surface area contributed by atoms with Gasteiger partial charge in [0.15, 0.2) is 0 Å². The normalized spacial score (nSPS) is 14.9. The summed E-state index contributed by atoms with van der Waals surface area (Å²) in [5.74, 6) is 0.859. The number of aliphatic hydroxyl groups is 1. The number of hydrogen-bond donors (Lipinski definition) is 3. The third kappa shape index (κ3) is 5.75. The van der Waals surface area contributed by atoms with Crippen LogP contribution >= 0.6 is 0 Å². The van der Waals surface area contributed by atoms with E-state index in [4.69, 9.17) is 9.84 Å². The molecule has 2 rings (SSSR count). The van der Waals surface area contributed by atoms with Crippen LogP contribution in [0.3, 0.4) is 0 Å². The van der Waals surface area contributed by atoms with E-state index in [1.165, 1.54) is 6.42 Å². The van der Waals surface area contributed by atoms with Crippen molar-refractivity contribution in [3.63, 3.8) is 0 Å². The van der Waals surface area contributed by atoms with Crippen LogP contribution in [0.25, 0.3) is 0 Å². The summed E-state index contributed by atoms with van der Waals surface area (Å²) in [6.07, 6.45) is 4.44. The lowest BCUT2D eigenvalue weighted by atomic mass is 9.90. The highest BCUT2D eigenvalue weighted by molar-refractivity contribution is 5.73. The van der Waals surface area contributed by atoms with Gasteiger partial charge in [-0.1, -0.05) is 32.0 Å². The van der Waals surface area contributed by atoms with Gasteiger partial charge in [0.05, 0.1) is 6.10 Å². The number of para-hydroxylation sites is 1. The van der Waals surface area contributed by atoms with Crippen LogP contribution in [0.2, 0.25) is 0 Å². The van der Waals surface area contributed by atoms with E-state index in [1.54, 1.807) is 0 Å². The number of nitrogens with one attached hydrogen (secondary N) is 2. The van der Waals surface area contributed by atoms with E-state index in [0.29, 0.717) is 25.6 Å². The quantitative estimate of drug-likeness (QED) is 0.690. The molecule has 0 heterocycles. The van der Waals surface area contributed by atoms with Crippen LogP contribution in [0.15, 0.2) is 24.3 Å². The fourth-order valence-corrected chi connectivity index (χ4v) is 2.38. The molecule has 1 saturated carbocycles. The Morgan fingerprint density at radius 2 is 2.04 bits per heavy atom. The average molecular weight is 320 g/mol. The second-order valence-electron chi connectivity index (χ2n) is 6.95. The molecule has 0 unspecified atom stereocenters. The second kappa shape index (κ2) is 8.20. The largest absolute Gasteiger partial charge is 0.490 e. The van der Waals surface area contributed by atoms with E-state index in [1.807, 2.05) is 38.1 Å². The Labute approximate surface area is 138 Å². The second-order valence-corrected chi connectivity index (χ2v) is 6.95. The van der Waals surface area contributed by atoms with Crippen LogP contribution in [0.5, 0.6) is 5.75 Å². The molecular formula is C18H28N2O3. The van der Waals surface area contributed by atoms with Crippen LogP contribution in [-0.2, 0) is 6.54 Å². The predicted octanol–water partition coefficient (Wildman–Crippen LogP) is 2.83. The van der Waals surface area contributed by atoms with Gasteiger partial charge in [0.1, 0.15) is 5.75 Å². The van der Waals surface area contributed by atoms with Gasteiger partial charge in [0.25, 0.3) is 0 Å². The first kappa shape index (κ1) is 17.6. The molecule has 1 aromatic carbocycles. The standard InChI is InChI=1S/C18H28N2O3/c1-18(2,10-11-21)13-20-17(22)19-12-14-6-3-4-9-16(14)23-15-7-5-8-15/h3-4,6,9,15,21H,5,7-8,10-13H2,1-2H3,(H2,19,20,22). The molecule has 0 spiro atoms. The molecular weight excluding hydrogens is 292 g/mol. The SMILES string of the molecule is CC(C)(CCO)CNC(=O)NCc1ccccc1OC1CCC1. The zero-order chi connectivity index (χ0) is 16.7. The van der Waals surface area contributed by atoms with E-state index >= 15 is 0 Å². The summed E-state index contributed by atoms with van der Waals surface area (Å²) in [6.45, 7) is 5.13. The minimum absolute atomic E-state index is 0.114. The predicted molar refractivity (Wildman–Crippen MR) is 90.4 cm³/mol. The minimum Gasteiger partial charge on any atom is -0.490 e. The minimum atomic E-state index is -0.200. The van der Waals surface area contributed by atoms with Crippen molar-refractivity contribution in [3.8, 4) is 5.75 Å². The maximum Gasteiger partial charge on any atom is 0.315 e. The molecule has 1 aromatic rings. The Morgan fingerprint density at radius 3 is 2.70 bits per heavy atom. The first-order chi connectivity index (χ1) is 11.0. The molecule has 0 aromatic heterocycles. The van der Waals surface area contributed by atoms with Crippen LogP contribution in [-0.4, -0.2) is 30.4 Å². The van der Waals surface area contributed by atoms with Crippen LogP contribution in [0, 0.1) is 5.41 Å². The van der Waals surface area contributed by atoms with E-state index in [9.17, 15) is 4.79 Å². The van der Waals surface area contributed by atoms with Crippen molar-refractivity contribution in [2.24, 2.45) is 5.41 Å². The molecule has 1 fully saturated rings. The third-order valence-corrected chi connectivity index (χ3v) is 4.27. The summed E-state index contributed by atoms with van der Waals surface area (Å²) in [5.41, 5.74) is 0.876. The van der Waals surface area contributed by atoms with Gasteiger partial charge >= 0.3 is 6.03 Å². The lowest BCUT2D eigenvalue weighted by molar-refractivity contribution is 0.119. The number of benzene rings is 1. The molecule has 128 valence electrons. The number of hydrogen-bond acceptors (Lipinski definition) is 3. The summed E-state index contributed by atoms with van der Waals surface area (Å²) in [4.78, 5) is 11.9. The zero-order valence-corrected chi connectivity index (χ0v) is 14.1. The van der Waals surface area contributed by atoms with Crippen LogP contribution < -0.4 is 15.4 Å². The Morgan fingerprint density at radius 1 is 1.30 bits per heavy atom. The summed E-state index contributed by atoms with van der Waals surface area (Å²) in [7, 11) is 0. The molecule has 5 heteroatoms. The number of carbonyl (C=O) groups is 1. The number of rotatable bonds is 8. The lowest BCUT2D eigenvalue weighted by Gasteiger charge is -2.27. The van der Waals surface area contributed by atoms with Crippen molar-refractivity contribution < 1.29 is 14.6 Å². The number of ether oxygens (including phenoxy) is 1. The highest BCUT2D eigenvalue weighted by Gasteiger charge is 2.20. The van der Waals surface area contributed by atoms with Gasteiger partial charge in [0.2, 0.25) is 0 Å². The van der Waals surface area contributed by atoms with Gasteiger partial charge in [-0.05, 0) is 37.2 Å². The topological polar surface area (TPSA) is 70.6 Å². The maximum absolute atomic E-state index is 11.9. The monoisotopic (exact) mass is 320 g/mol. The van der Waals surface area contributed by atoms with E-state index in [0.717, 1.165) is 24.2 Å². The first-order valence-corrected chi connectivity index (χ1v) is 8.37. The van der Waals surface area contributed by atoms with Gasteiger partial charge in [-0.25, -0.2) is 4.79 Å². The molecule has 5 nitrogen and oxygen atoms in total. The molecule has 23 heavy (non-hydrogen) atoms. The van der Waals surface area contributed by atoms with E-state index < -0.39 is 0 Å². The molecule has 0 atom stereocenters. The molecule has 1 aliphatic rings. The van der Waals surface area contributed by atoms with Gasteiger partial charge in [-0.15, -0.1) is 0 Å².